The van der Waals surface area contributed by atoms with Crippen molar-refractivity contribution in [1.29, 1.82) is 0 Å². The quantitative estimate of drug-likeness (QED) is 0.767. The molecule has 2 aliphatic heterocycles. The monoisotopic (exact) mass is 346 g/mol. The van der Waals surface area contributed by atoms with Gasteiger partial charge in [0, 0.05) is 32.2 Å². The maximum Gasteiger partial charge on any atom is 0.337 e. The van der Waals surface area contributed by atoms with Crippen molar-refractivity contribution < 1.29 is 14.3 Å². The van der Waals surface area contributed by atoms with Gasteiger partial charge in [0.2, 0.25) is 0 Å². The molecule has 3 atom stereocenters. The van der Waals surface area contributed by atoms with Crippen LogP contribution in [-0.2, 0) is 16.0 Å². The largest absolute Gasteiger partial charge is 0.465 e. The van der Waals surface area contributed by atoms with E-state index in [4.69, 9.17) is 9.47 Å². The first-order valence-electron chi connectivity index (χ1n) is 9.34. The Labute approximate surface area is 150 Å². The van der Waals surface area contributed by atoms with Gasteiger partial charge in [0.1, 0.15) is 0 Å². The van der Waals surface area contributed by atoms with E-state index in [0.717, 1.165) is 32.7 Å². The van der Waals surface area contributed by atoms with Gasteiger partial charge >= 0.3 is 5.97 Å². The molecule has 138 valence electrons. The molecule has 3 rings (SSSR count). The lowest BCUT2D eigenvalue weighted by Gasteiger charge is -2.38. The minimum Gasteiger partial charge on any atom is -0.465 e. The van der Waals surface area contributed by atoms with Crippen LogP contribution in [0.2, 0.25) is 0 Å². The number of benzene rings is 1. The van der Waals surface area contributed by atoms with Crippen LogP contribution in [0.1, 0.15) is 42.6 Å². The van der Waals surface area contributed by atoms with Gasteiger partial charge in [-0.2, -0.15) is 0 Å². The molecule has 0 spiro atoms. The van der Waals surface area contributed by atoms with E-state index in [2.05, 4.69) is 23.6 Å². The molecule has 0 aromatic heterocycles. The Hall–Kier alpha value is -1.43. The number of hydrogen-bond acceptors (Lipinski definition) is 5. The second kappa shape index (κ2) is 8.30. The summed E-state index contributed by atoms with van der Waals surface area (Å²) in [4.78, 5) is 16.7. The fourth-order valence-corrected chi connectivity index (χ4v) is 4.14. The molecule has 2 heterocycles. The smallest absolute Gasteiger partial charge is 0.337 e. The van der Waals surface area contributed by atoms with Crippen molar-refractivity contribution in [2.24, 2.45) is 0 Å². The molecule has 25 heavy (non-hydrogen) atoms. The zero-order chi connectivity index (χ0) is 17.8. The lowest BCUT2D eigenvalue weighted by atomic mass is 10.1. The van der Waals surface area contributed by atoms with Crippen LogP contribution in [0.3, 0.4) is 0 Å². The summed E-state index contributed by atoms with van der Waals surface area (Å²) in [6, 6.07) is 8.41. The number of carbonyl (C=O) groups excluding carboxylic acids is 1. The van der Waals surface area contributed by atoms with E-state index in [9.17, 15) is 4.79 Å². The molecular weight excluding hydrogens is 316 g/mol. The van der Waals surface area contributed by atoms with Gasteiger partial charge in [-0.15, -0.1) is 0 Å². The number of methoxy groups -OCH3 is 1. The zero-order valence-corrected chi connectivity index (χ0v) is 15.6. The lowest BCUT2D eigenvalue weighted by molar-refractivity contribution is -0.0724. The molecule has 3 unspecified atom stereocenters. The van der Waals surface area contributed by atoms with Crippen molar-refractivity contribution in [3.05, 3.63) is 35.4 Å². The molecule has 5 heteroatoms. The summed E-state index contributed by atoms with van der Waals surface area (Å²) >= 11 is 0. The number of carbonyl (C=O) groups is 1. The first kappa shape index (κ1) is 18.4. The van der Waals surface area contributed by atoms with Gasteiger partial charge in [0.05, 0.1) is 24.9 Å². The van der Waals surface area contributed by atoms with E-state index < -0.39 is 0 Å². The Morgan fingerprint density at radius 2 is 1.88 bits per heavy atom. The highest BCUT2D eigenvalue weighted by molar-refractivity contribution is 5.89. The molecule has 0 radical (unpaired) electrons. The van der Waals surface area contributed by atoms with Crippen LogP contribution in [0.25, 0.3) is 0 Å². The van der Waals surface area contributed by atoms with Gasteiger partial charge in [0.15, 0.2) is 0 Å². The summed E-state index contributed by atoms with van der Waals surface area (Å²) in [7, 11) is 1.42. The maximum atomic E-state index is 11.5. The zero-order valence-electron chi connectivity index (χ0n) is 15.6. The molecule has 1 aromatic carbocycles. The Morgan fingerprint density at radius 1 is 1.20 bits per heavy atom. The molecular formula is C20H30N2O3. The summed E-state index contributed by atoms with van der Waals surface area (Å²) < 4.78 is 10.6. The van der Waals surface area contributed by atoms with Crippen LogP contribution in [0.5, 0.6) is 0 Å². The topological polar surface area (TPSA) is 42.0 Å². The lowest BCUT2D eigenvalue weighted by Crippen LogP contribution is -2.50. The summed E-state index contributed by atoms with van der Waals surface area (Å²) in [6.07, 6.45) is 3.18. The Morgan fingerprint density at radius 3 is 2.52 bits per heavy atom. The Kier molecular flexibility index (Phi) is 6.10. The van der Waals surface area contributed by atoms with Crippen LogP contribution in [-0.4, -0.2) is 67.3 Å². The highest BCUT2D eigenvalue weighted by Gasteiger charge is 2.29. The standard InChI is InChI=1S/C20H30N2O3/c1-15-11-21(12-16(2)25-15)14-19-5-4-10-22(19)13-17-6-8-18(9-7-17)20(23)24-3/h6-9,15-16,19H,4-5,10-14H2,1-3H3. The van der Waals surface area contributed by atoms with Gasteiger partial charge in [0.25, 0.3) is 0 Å². The summed E-state index contributed by atoms with van der Waals surface area (Å²) in [6.45, 7) is 9.61. The number of hydrogen-bond donors (Lipinski definition) is 0. The van der Waals surface area contributed by atoms with Gasteiger partial charge < -0.3 is 9.47 Å². The highest BCUT2D eigenvalue weighted by atomic mass is 16.5. The molecule has 0 saturated carbocycles. The van der Waals surface area contributed by atoms with Crippen LogP contribution >= 0.6 is 0 Å². The number of esters is 1. The molecule has 2 aliphatic rings. The fraction of sp³-hybridized carbons (Fsp3) is 0.650. The molecule has 0 N–H and O–H groups in total. The average Bonchev–Trinajstić information content (AvgIpc) is 3.00. The van der Waals surface area contributed by atoms with Crippen LogP contribution in [0.15, 0.2) is 24.3 Å². The second-order valence-electron chi connectivity index (χ2n) is 7.43. The van der Waals surface area contributed by atoms with Crippen molar-refractivity contribution in [3.8, 4) is 0 Å². The third-order valence-electron chi connectivity index (χ3n) is 5.22. The van der Waals surface area contributed by atoms with Crippen molar-refractivity contribution in [3.63, 3.8) is 0 Å². The first-order chi connectivity index (χ1) is 12.0. The van der Waals surface area contributed by atoms with Crippen LogP contribution in [0.4, 0.5) is 0 Å². The maximum absolute atomic E-state index is 11.5. The summed E-state index contributed by atoms with van der Waals surface area (Å²) in [5.41, 5.74) is 1.86. The van der Waals surface area contributed by atoms with E-state index in [0.29, 0.717) is 23.8 Å². The summed E-state index contributed by atoms with van der Waals surface area (Å²) in [5.74, 6) is -0.277. The molecule has 0 aliphatic carbocycles. The first-order valence-corrected chi connectivity index (χ1v) is 9.34. The van der Waals surface area contributed by atoms with E-state index in [1.807, 2.05) is 24.3 Å². The predicted octanol–water partition coefficient (Wildman–Crippen LogP) is 2.55. The van der Waals surface area contributed by atoms with Crippen molar-refractivity contribution in [1.82, 2.24) is 9.80 Å². The number of morpholine rings is 1. The second-order valence-corrected chi connectivity index (χ2v) is 7.43. The van der Waals surface area contributed by atoms with Gasteiger partial charge in [-0.25, -0.2) is 4.79 Å². The molecule has 1 aromatic rings. The predicted molar refractivity (Wildman–Crippen MR) is 97.7 cm³/mol. The van der Waals surface area contributed by atoms with E-state index in [1.54, 1.807) is 0 Å². The number of likely N-dealkylation sites (tertiary alicyclic amines) is 1. The van der Waals surface area contributed by atoms with Gasteiger partial charge in [-0.05, 0) is 50.9 Å². The van der Waals surface area contributed by atoms with E-state index in [1.165, 1.54) is 25.5 Å². The van der Waals surface area contributed by atoms with Gasteiger partial charge in [-0.1, -0.05) is 12.1 Å². The number of ether oxygens (including phenoxy) is 2. The molecule has 2 fully saturated rings. The Bertz CT molecular complexity index is 565. The summed E-state index contributed by atoms with van der Waals surface area (Å²) in [5, 5.41) is 0. The Balaban J connectivity index is 1.57. The molecule has 5 nitrogen and oxygen atoms in total. The van der Waals surface area contributed by atoms with Crippen LogP contribution in [0, 0.1) is 0 Å². The molecule has 0 amide bonds. The third kappa shape index (κ3) is 4.81. The van der Waals surface area contributed by atoms with E-state index >= 15 is 0 Å². The highest BCUT2D eigenvalue weighted by Crippen LogP contribution is 2.23. The SMILES string of the molecule is COC(=O)c1ccc(CN2CCCC2CN2CC(C)OC(C)C2)cc1. The average molecular weight is 346 g/mol. The minimum atomic E-state index is -0.277. The minimum absolute atomic E-state index is 0.277. The van der Waals surface area contributed by atoms with Crippen molar-refractivity contribution in [2.45, 2.75) is 51.5 Å². The third-order valence-corrected chi connectivity index (χ3v) is 5.22. The van der Waals surface area contributed by atoms with Crippen molar-refractivity contribution >= 4 is 5.97 Å². The van der Waals surface area contributed by atoms with Crippen LogP contribution < -0.4 is 0 Å². The molecule has 0 bridgehead atoms. The number of rotatable bonds is 5. The molecule has 2 saturated heterocycles. The fourth-order valence-electron chi connectivity index (χ4n) is 4.14. The normalized spacial score (nSPS) is 28.2. The van der Waals surface area contributed by atoms with Gasteiger partial charge in [-0.3, -0.25) is 9.80 Å². The number of nitrogens with zero attached hydrogens (tertiary/aromatic N) is 2. The van der Waals surface area contributed by atoms with Crippen molar-refractivity contribution in [2.75, 3.05) is 33.3 Å². The van der Waals surface area contributed by atoms with E-state index in [-0.39, 0.29) is 5.97 Å².